The van der Waals surface area contributed by atoms with Gasteiger partial charge in [-0.15, -0.1) is 0 Å². The Bertz CT molecular complexity index is 1340. The number of nitrogens with zero attached hydrogens (tertiary/aromatic N) is 2. The Morgan fingerprint density at radius 1 is 0.933 bits per heavy atom. The van der Waals surface area contributed by atoms with Gasteiger partial charge in [0.25, 0.3) is 0 Å². The third-order valence-electron chi connectivity index (χ3n) is 8.47. The fourth-order valence-electron chi connectivity index (χ4n) is 6.14. The first-order valence-electron chi connectivity index (χ1n) is 16.8. The average Bonchev–Trinajstić information content (AvgIpc) is 3.01. The van der Waals surface area contributed by atoms with E-state index in [9.17, 15) is 0 Å². The largest absolute Gasteiger partial charge is 0.390 e. The maximum Gasteiger partial charge on any atom is 0.0695 e. The summed E-state index contributed by atoms with van der Waals surface area (Å²) in [4.78, 5) is 0. The average molecular weight is 627 g/mol. The van der Waals surface area contributed by atoms with Gasteiger partial charge >= 0.3 is 0 Å². The van der Waals surface area contributed by atoms with Crippen molar-refractivity contribution in [1.29, 1.82) is 0 Å². The molecule has 0 aromatic heterocycles. The zero-order chi connectivity index (χ0) is 32.6. The Labute approximate surface area is 279 Å². The highest BCUT2D eigenvalue weighted by Crippen LogP contribution is 2.42. The van der Waals surface area contributed by atoms with E-state index in [-0.39, 0.29) is 6.04 Å². The summed E-state index contributed by atoms with van der Waals surface area (Å²) in [6.07, 6.45) is 23.6. The molecule has 1 aliphatic rings. The Morgan fingerprint density at radius 2 is 1.64 bits per heavy atom. The minimum Gasteiger partial charge on any atom is -0.390 e. The lowest BCUT2D eigenvalue weighted by atomic mass is 9.91. The molecule has 3 rings (SSSR count). The number of hydrogen-bond donors (Lipinski definition) is 2. The molecule has 4 nitrogen and oxygen atoms in total. The van der Waals surface area contributed by atoms with Gasteiger partial charge in [-0.1, -0.05) is 91.4 Å². The number of unbranched alkanes of at least 4 members (excludes halogenated alkanes) is 2. The smallest absolute Gasteiger partial charge is 0.0695 e. The van der Waals surface area contributed by atoms with Gasteiger partial charge in [0.05, 0.1) is 12.1 Å². The molecule has 2 unspecified atom stereocenters. The van der Waals surface area contributed by atoms with Crippen LogP contribution >= 0.6 is 12.1 Å². The predicted molar refractivity (Wildman–Crippen MR) is 199 cm³/mol. The number of allylic oxidation sites excluding steroid dienone is 2. The molecule has 5 heteroatoms. The molecule has 1 aliphatic heterocycles. The first-order chi connectivity index (χ1) is 21.8. The van der Waals surface area contributed by atoms with Crippen molar-refractivity contribution in [1.82, 2.24) is 19.2 Å². The molecule has 0 bridgehead atoms. The normalized spacial score (nSPS) is 16.9. The topological polar surface area (TPSA) is 30.5 Å². The third kappa shape index (κ3) is 11.4. The summed E-state index contributed by atoms with van der Waals surface area (Å²) in [6, 6.07) is 14.0. The highest BCUT2D eigenvalue weighted by molar-refractivity contribution is 7.94. The highest BCUT2D eigenvalue weighted by Gasteiger charge is 2.29. The Hall–Kier alpha value is -2.99. The number of rotatable bonds is 18. The standard InChI is InChI=1S/C40H58N4S/c1-9-11-12-19-26-44-30-36(40(43(8)45-44)38-24-22-32(4)28-34(38)6)20-17-15-13-14-16-18-25-42-29-35(10-2)39(41-7)37-23-21-31(3)27-33(37)5/h10-12,14,16,21-24,27-30,39-42H,2,9,13,15,17-20,25-26H2,1,3-8H3/b12-11-,16-14-,35-29-. The summed E-state index contributed by atoms with van der Waals surface area (Å²) in [5.41, 5.74) is 10.7. The van der Waals surface area contributed by atoms with Crippen LogP contribution in [0.3, 0.4) is 0 Å². The van der Waals surface area contributed by atoms with Gasteiger partial charge in [-0.3, -0.25) is 0 Å². The van der Waals surface area contributed by atoms with Crippen molar-refractivity contribution in [3.8, 4) is 0 Å². The lowest BCUT2D eigenvalue weighted by Crippen LogP contribution is -2.31. The van der Waals surface area contributed by atoms with Crippen LogP contribution in [-0.4, -0.2) is 35.8 Å². The van der Waals surface area contributed by atoms with Gasteiger partial charge in [0.1, 0.15) is 0 Å². The summed E-state index contributed by atoms with van der Waals surface area (Å²) in [5, 5.41) is 6.97. The Balaban J connectivity index is 1.50. The molecule has 2 N–H and O–H groups in total. The SMILES string of the molecule is C=C/C(=C/NCC/C=C\CCCCC1=CN(CC/C=C\CC)SN(C)C1c1ccc(C)cc1C)C(NC)c1ccc(C)cc1C. The molecule has 0 radical (unpaired) electrons. The molecule has 0 fully saturated rings. The zero-order valence-corrected chi connectivity index (χ0v) is 29.9. The zero-order valence-electron chi connectivity index (χ0n) is 29.0. The van der Waals surface area contributed by atoms with Crippen molar-refractivity contribution in [2.24, 2.45) is 0 Å². The van der Waals surface area contributed by atoms with E-state index in [1.807, 2.05) is 25.3 Å². The van der Waals surface area contributed by atoms with Crippen LogP contribution < -0.4 is 10.6 Å². The van der Waals surface area contributed by atoms with E-state index in [1.165, 1.54) is 51.8 Å². The lowest BCUT2D eigenvalue weighted by molar-refractivity contribution is 0.407. The lowest BCUT2D eigenvalue weighted by Gasteiger charge is -2.39. The molecule has 0 amide bonds. The maximum atomic E-state index is 4.08. The number of nitrogens with one attached hydrogen (secondary N) is 2. The second-order valence-electron chi connectivity index (χ2n) is 12.3. The molecule has 0 saturated heterocycles. The molecule has 2 aromatic rings. The van der Waals surface area contributed by atoms with Gasteiger partial charge in [0, 0.05) is 44.7 Å². The summed E-state index contributed by atoms with van der Waals surface area (Å²) in [5.74, 6) is 0. The van der Waals surface area contributed by atoms with Crippen molar-refractivity contribution in [2.45, 2.75) is 91.6 Å². The maximum absolute atomic E-state index is 4.08. The van der Waals surface area contributed by atoms with E-state index in [4.69, 9.17) is 0 Å². The van der Waals surface area contributed by atoms with Crippen LogP contribution in [0.2, 0.25) is 0 Å². The van der Waals surface area contributed by atoms with E-state index in [1.54, 1.807) is 0 Å². The second kappa shape index (κ2) is 19.5. The van der Waals surface area contributed by atoms with Crippen LogP contribution in [0.4, 0.5) is 0 Å². The van der Waals surface area contributed by atoms with Crippen LogP contribution in [0.15, 0.2) is 96.9 Å². The van der Waals surface area contributed by atoms with Crippen molar-refractivity contribution in [2.75, 3.05) is 27.2 Å². The van der Waals surface area contributed by atoms with Gasteiger partial charge in [0.2, 0.25) is 0 Å². The molecule has 0 saturated carbocycles. The van der Waals surface area contributed by atoms with E-state index in [2.05, 4.69) is 141 Å². The quantitative estimate of drug-likeness (QED) is 0.0744. The third-order valence-corrected chi connectivity index (χ3v) is 9.43. The molecule has 0 spiro atoms. The molecule has 2 aromatic carbocycles. The second-order valence-corrected chi connectivity index (χ2v) is 13.5. The number of aryl methyl sites for hydroxylation is 4. The molecule has 2 atom stereocenters. The van der Waals surface area contributed by atoms with Gasteiger partial charge in [-0.25, -0.2) is 4.31 Å². The van der Waals surface area contributed by atoms with Crippen molar-refractivity contribution in [3.05, 3.63) is 130 Å². The van der Waals surface area contributed by atoms with E-state index in [0.717, 1.165) is 50.8 Å². The van der Waals surface area contributed by atoms with Crippen molar-refractivity contribution >= 4 is 12.1 Å². The van der Waals surface area contributed by atoms with Crippen LogP contribution in [0, 0.1) is 27.7 Å². The molecule has 244 valence electrons. The predicted octanol–water partition coefficient (Wildman–Crippen LogP) is 10.1. The van der Waals surface area contributed by atoms with Gasteiger partial charge in [0.15, 0.2) is 0 Å². The fourth-order valence-corrected chi connectivity index (χ4v) is 7.18. The monoisotopic (exact) mass is 626 g/mol. The fraction of sp³-hybridized carbons (Fsp3) is 0.450. The Kier molecular flexibility index (Phi) is 15.8. The van der Waals surface area contributed by atoms with Crippen LogP contribution in [0.1, 0.15) is 97.3 Å². The first-order valence-corrected chi connectivity index (χ1v) is 17.6. The van der Waals surface area contributed by atoms with Crippen LogP contribution in [0.25, 0.3) is 0 Å². The summed E-state index contributed by atoms with van der Waals surface area (Å²) >= 11 is 1.85. The minimum absolute atomic E-state index is 0.128. The molecular formula is C40H58N4S. The first kappa shape index (κ1) is 36.5. The number of likely N-dealkylation sites (N-methyl/N-ethyl adjacent to an activating group) is 2. The summed E-state index contributed by atoms with van der Waals surface area (Å²) < 4.78 is 4.88. The Morgan fingerprint density at radius 3 is 2.33 bits per heavy atom. The van der Waals surface area contributed by atoms with E-state index >= 15 is 0 Å². The van der Waals surface area contributed by atoms with Crippen LogP contribution in [0.5, 0.6) is 0 Å². The minimum atomic E-state index is 0.128. The molecule has 0 aliphatic carbocycles. The highest BCUT2D eigenvalue weighted by atomic mass is 32.2. The summed E-state index contributed by atoms with van der Waals surface area (Å²) in [7, 11) is 4.26. The summed E-state index contributed by atoms with van der Waals surface area (Å²) in [6.45, 7) is 17.0. The van der Waals surface area contributed by atoms with Gasteiger partial charge < -0.3 is 14.9 Å². The molecule has 1 heterocycles. The van der Waals surface area contributed by atoms with Crippen LogP contribution in [-0.2, 0) is 0 Å². The number of benzene rings is 2. The van der Waals surface area contributed by atoms with E-state index < -0.39 is 0 Å². The molecule has 45 heavy (non-hydrogen) atoms. The van der Waals surface area contributed by atoms with E-state index in [0.29, 0.717) is 6.04 Å². The number of hydrogen-bond acceptors (Lipinski definition) is 5. The van der Waals surface area contributed by atoms with Gasteiger partial charge in [-0.05, 0) is 113 Å². The van der Waals surface area contributed by atoms with Gasteiger partial charge in [-0.2, -0.15) is 0 Å². The van der Waals surface area contributed by atoms with Crippen molar-refractivity contribution in [3.63, 3.8) is 0 Å². The van der Waals surface area contributed by atoms with Crippen molar-refractivity contribution < 1.29 is 0 Å². The molecular weight excluding hydrogens is 569 g/mol.